The van der Waals surface area contributed by atoms with Crippen LogP contribution in [0.25, 0.3) is 101 Å². The molecule has 5 heteroatoms. The highest BCUT2D eigenvalue weighted by Gasteiger charge is 2.19. The van der Waals surface area contributed by atoms with E-state index >= 15 is 0 Å². The van der Waals surface area contributed by atoms with Gasteiger partial charge in [-0.15, -0.1) is 0 Å². The monoisotopic (exact) mass is 715 g/mol. The third-order valence-electron chi connectivity index (χ3n) is 10.2. The molecule has 0 saturated carbocycles. The molecular formula is C51H33N5. The smallest absolute Gasteiger partial charge is 0.165 e. The van der Waals surface area contributed by atoms with E-state index in [-0.39, 0.29) is 0 Å². The van der Waals surface area contributed by atoms with E-state index in [1.165, 1.54) is 5.39 Å². The third kappa shape index (κ3) is 6.27. The highest BCUT2D eigenvalue weighted by atomic mass is 15.0. The summed E-state index contributed by atoms with van der Waals surface area (Å²) in [6.45, 7) is 0. The molecule has 10 aromatic rings. The van der Waals surface area contributed by atoms with Gasteiger partial charge < -0.3 is 0 Å². The molecule has 0 aliphatic heterocycles. The lowest BCUT2D eigenvalue weighted by molar-refractivity contribution is 1.08. The highest BCUT2D eigenvalue weighted by Crippen LogP contribution is 2.39. The maximum absolute atomic E-state index is 5.20. The number of benzene rings is 8. The Bertz CT molecular complexity index is 2940. The van der Waals surface area contributed by atoms with E-state index in [1.807, 2.05) is 78.9 Å². The van der Waals surface area contributed by atoms with Gasteiger partial charge in [0.25, 0.3) is 0 Å². The van der Waals surface area contributed by atoms with Gasteiger partial charge in [-0.2, -0.15) is 0 Å². The van der Waals surface area contributed by atoms with Crippen LogP contribution in [-0.2, 0) is 0 Å². The second kappa shape index (κ2) is 14.3. The van der Waals surface area contributed by atoms with Crippen LogP contribution >= 0.6 is 0 Å². The number of rotatable bonds is 7. The van der Waals surface area contributed by atoms with Gasteiger partial charge in [-0.05, 0) is 38.7 Å². The summed E-state index contributed by atoms with van der Waals surface area (Å²) in [6.07, 6.45) is 0. The number of hydrogen-bond acceptors (Lipinski definition) is 5. The summed E-state index contributed by atoms with van der Waals surface area (Å²) >= 11 is 0. The summed E-state index contributed by atoms with van der Waals surface area (Å²) in [5.74, 6) is 2.53. The lowest BCUT2D eigenvalue weighted by Gasteiger charge is -2.15. The molecule has 0 aliphatic carbocycles. The van der Waals surface area contributed by atoms with E-state index in [1.54, 1.807) is 0 Å². The first kappa shape index (κ1) is 33.0. The Labute approximate surface area is 324 Å². The van der Waals surface area contributed by atoms with E-state index < -0.39 is 0 Å². The van der Waals surface area contributed by atoms with E-state index in [0.717, 1.165) is 72.1 Å². The molecule has 10 rings (SSSR count). The summed E-state index contributed by atoms with van der Waals surface area (Å²) in [5.41, 5.74) is 9.66. The lowest BCUT2D eigenvalue weighted by atomic mass is 9.93. The van der Waals surface area contributed by atoms with Crippen molar-refractivity contribution in [3.05, 3.63) is 200 Å². The quantitative estimate of drug-likeness (QED) is 0.164. The van der Waals surface area contributed by atoms with Crippen LogP contribution in [-0.4, -0.2) is 24.9 Å². The van der Waals surface area contributed by atoms with Crippen LogP contribution in [0.15, 0.2) is 200 Å². The van der Waals surface area contributed by atoms with Crippen molar-refractivity contribution in [3.8, 4) is 79.2 Å². The zero-order valence-corrected chi connectivity index (χ0v) is 30.3. The van der Waals surface area contributed by atoms with Gasteiger partial charge >= 0.3 is 0 Å². The first-order valence-corrected chi connectivity index (χ1v) is 18.7. The van der Waals surface area contributed by atoms with Crippen molar-refractivity contribution >= 4 is 21.5 Å². The molecule has 0 aliphatic rings. The van der Waals surface area contributed by atoms with Gasteiger partial charge in [0.15, 0.2) is 23.3 Å². The van der Waals surface area contributed by atoms with Crippen LogP contribution in [0.5, 0.6) is 0 Å². The van der Waals surface area contributed by atoms with Gasteiger partial charge in [-0.25, -0.2) is 24.9 Å². The Hall–Kier alpha value is -7.63. The standard InChI is InChI=1S/C51H33N5/c1-4-17-37(18-5-1)45-33-46(44-26-14-23-34-15-10-12-24-41(34)44)53-48(52-45)40-29-27-36(28-30-40)43-32-31-35-16-11-13-25-42(35)47(43)51-55-49(38-19-6-2-7-20-38)54-50(56-51)39-21-8-3-9-22-39/h1-33H. The summed E-state index contributed by atoms with van der Waals surface area (Å²) in [6, 6.07) is 68.7. The van der Waals surface area contributed by atoms with Crippen molar-refractivity contribution in [2.24, 2.45) is 0 Å². The predicted octanol–water partition coefficient (Wildman–Crippen LogP) is 12.6. The number of aromatic nitrogens is 5. The Morgan fingerprint density at radius 2 is 0.714 bits per heavy atom. The fraction of sp³-hybridized carbons (Fsp3) is 0. The summed E-state index contributed by atoms with van der Waals surface area (Å²) in [7, 11) is 0. The molecule has 2 heterocycles. The second-order valence-electron chi connectivity index (χ2n) is 13.7. The number of hydrogen-bond donors (Lipinski definition) is 0. The minimum absolute atomic E-state index is 0.618. The molecule has 0 atom stereocenters. The van der Waals surface area contributed by atoms with E-state index in [9.17, 15) is 0 Å². The Balaban J connectivity index is 1.13. The average Bonchev–Trinajstić information content (AvgIpc) is 3.29. The summed E-state index contributed by atoms with van der Waals surface area (Å²) in [4.78, 5) is 25.6. The second-order valence-corrected chi connectivity index (χ2v) is 13.7. The van der Waals surface area contributed by atoms with E-state index in [4.69, 9.17) is 24.9 Å². The fourth-order valence-corrected chi connectivity index (χ4v) is 7.39. The maximum Gasteiger partial charge on any atom is 0.165 e. The van der Waals surface area contributed by atoms with Crippen molar-refractivity contribution < 1.29 is 0 Å². The van der Waals surface area contributed by atoms with Crippen molar-refractivity contribution in [3.63, 3.8) is 0 Å². The molecule has 8 aromatic carbocycles. The SMILES string of the molecule is c1ccc(-c2cc(-c3cccc4ccccc34)nc(-c3ccc(-c4ccc5ccccc5c4-c4nc(-c5ccccc5)nc(-c5ccccc5)n4)cc3)n2)cc1. The molecule has 0 radical (unpaired) electrons. The minimum Gasteiger partial charge on any atom is -0.228 e. The number of nitrogens with zero attached hydrogens (tertiary/aromatic N) is 5. The third-order valence-corrected chi connectivity index (χ3v) is 10.2. The zero-order chi connectivity index (χ0) is 37.3. The van der Waals surface area contributed by atoms with E-state index in [0.29, 0.717) is 23.3 Å². The maximum atomic E-state index is 5.20. The Kier molecular flexibility index (Phi) is 8.43. The molecule has 0 fully saturated rings. The van der Waals surface area contributed by atoms with Crippen LogP contribution < -0.4 is 0 Å². The topological polar surface area (TPSA) is 64.5 Å². The Morgan fingerprint density at radius 1 is 0.250 bits per heavy atom. The van der Waals surface area contributed by atoms with Crippen molar-refractivity contribution in [1.29, 1.82) is 0 Å². The van der Waals surface area contributed by atoms with Crippen molar-refractivity contribution in [2.75, 3.05) is 0 Å². The molecule has 262 valence electrons. The normalized spacial score (nSPS) is 11.2. The van der Waals surface area contributed by atoms with Crippen LogP contribution in [0.2, 0.25) is 0 Å². The molecule has 0 saturated heterocycles. The van der Waals surface area contributed by atoms with Gasteiger partial charge in [0.2, 0.25) is 0 Å². The van der Waals surface area contributed by atoms with Gasteiger partial charge in [0, 0.05) is 33.4 Å². The molecule has 56 heavy (non-hydrogen) atoms. The summed E-state index contributed by atoms with van der Waals surface area (Å²) < 4.78 is 0. The van der Waals surface area contributed by atoms with Crippen LogP contribution in [0.1, 0.15) is 0 Å². The van der Waals surface area contributed by atoms with Crippen LogP contribution in [0, 0.1) is 0 Å². The first-order valence-electron chi connectivity index (χ1n) is 18.7. The molecule has 0 unspecified atom stereocenters. The molecule has 0 N–H and O–H groups in total. The highest BCUT2D eigenvalue weighted by molar-refractivity contribution is 6.03. The van der Waals surface area contributed by atoms with Gasteiger partial charge in [0.05, 0.1) is 11.4 Å². The molecule has 0 amide bonds. The van der Waals surface area contributed by atoms with Gasteiger partial charge in [0.1, 0.15) is 0 Å². The van der Waals surface area contributed by atoms with Crippen molar-refractivity contribution in [2.45, 2.75) is 0 Å². The zero-order valence-electron chi connectivity index (χ0n) is 30.3. The average molecular weight is 716 g/mol. The van der Waals surface area contributed by atoms with Crippen LogP contribution in [0.3, 0.4) is 0 Å². The lowest BCUT2D eigenvalue weighted by Crippen LogP contribution is -2.01. The molecule has 0 bridgehead atoms. The van der Waals surface area contributed by atoms with Gasteiger partial charge in [-0.1, -0.05) is 194 Å². The summed E-state index contributed by atoms with van der Waals surface area (Å²) in [5, 5.41) is 4.50. The molecular weight excluding hydrogens is 683 g/mol. The fourth-order valence-electron chi connectivity index (χ4n) is 7.39. The molecule has 2 aromatic heterocycles. The molecule has 5 nitrogen and oxygen atoms in total. The Morgan fingerprint density at radius 3 is 1.38 bits per heavy atom. The number of fused-ring (bicyclic) bond motifs is 2. The van der Waals surface area contributed by atoms with Gasteiger partial charge in [-0.3, -0.25) is 0 Å². The first-order chi connectivity index (χ1) is 27.7. The minimum atomic E-state index is 0.618. The molecule has 0 spiro atoms. The predicted molar refractivity (Wildman–Crippen MR) is 228 cm³/mol. The van der Waals surface area contributed by atoms with E-state index in [2.05, 4.69) is 121 Å². The largest absolute Gasteiger partial charge is 0.228 e. The van der Waals surface area contributed by atoms with Crippen molar-refractivity contribution in [1.82, 2.24) is 24.9 Å². The van der Waals surface area contributed by atoms with Crippen LogP contribution in [0.4, 0.5) is 0 Å².